The van der Waals surface area contributed by atoms with Crippen LogP contribution in [0.1, 0.15) is 36.5 Å². The van der Waals surface area contributed by atoms with Crippen LogP contribution in [0.4, 0.5) is 4.39 Å². The molecule has 27 heavy (non-hydrogen) atoms. The first-order valence-corrected chi connectivity index (χ1v) is 9.47. The van der Waals surface area contributed by atoms with Crippen molar-refractivity contribution in [3.8, 4) is 11.3 Å². The minimum absolute atomic E-state index is 0.205. The van der Waals surface area contributed by atoms with Gasteiger partial charge in [-0.05, 0) is 65.4 Å². The smallest absolute Gasteiger partial charge is 0.123 e. The minimum Gasteiger partial charge on any atom is -0.336 e. The van der Waals surface area contributed by atoms with E-state index in [1.807, 2.05) is 12.1 Å². The SMILES string of the molecule is Cc1c(-c2ccc(F)cc2)n(Cc2ccc(C(C)C)cc2)c2ccccc12. The highest BCUT2D eigenvalue weighted by Gasteiger charge is 2.16. The van der Waals surface area contributed by atoms with Crippen LogP contribution in [-0.4, -0.2) is 4.57 Å². The number of fused-ring (bicyclic) bond motifs is 1. The maximum Gasteiger partial charge on any atom is 0.123 e. The Bertz CT molecular complexity index is 1070. The maximum atomic E-state index is 13.5. The normalized spacial score (nSPS) is 11.4. The molecule has 0 unspecified atom stereocenters. The fourth-order valence-corrected chi connectivity index (χ4v) is 3.81. The molecule has 0 aliphatic rings. The van der Waals surface area contributed by atoms with Gasteiger partial charge in [-0.2, -0.15) is 0 Å². The van der Waals surface area contributed by atoms with Crippen molar-refractivity contribution in [3.05, 3.63) is 95.3 Å². The number of halogens is 1. The number of benzene rings is 3. The molecule has 0 aliphatic carbocycles. The predicted molar refractivity (Wildman–Crippen MR) is 112 cm³/mol. The standard InChI is InChI=1S/C25H24FN/c1-17(2)20-10-8-19(9-11-20)16-27-24-7-5-4-6-23(24)18(3)25(27)21-12-14-22(26)15-13-21/h4-15,17H,16H2,1-3H3. The molecule has 0 spiro atoms. The fraction of sp³-hybridized carbons (Fsp3) is 0.200. The molecule has 0 bridgehead atoms. The summed E-state index contributed by atoms with van der Waals surface area (Å²) in [4.78, 5) is 0. The Labute approximate surface area is 160 Å². The minimum atomic E-state index is -0.205. The zero-order chi connectivity index (χ0) is 19.0. The van der Waals surface area contributed by atoms with Gasteiger partial charge in [0.2, 0.25) is 0 Å². The van der Waals surface area contributed by atoms with E-state index >= 15 is 0 Å². The Kier molecular flexibility index (Phi) is 4.57. The molecule has 136 valence electrons. The topological polar surface area (TPSA) is 4.93 Å². The van der Waals surface area contributed by atoms with E-state index in [4.69, 9.17) is 0 Å². The van der Waals surface area contributed by atoms with Gasteiger partial charge in [-0.15, -0.1) is 0 Å². The van der Waals surface area contributed by atoms with Crippen molar-refractivity contribution in [1.29, 1.82) is 0 Å². The molecule has 0 saturated heterocycles. The molecule has 0 N–H and O–H groups in total. The Morgan fingerprint density at radius 2 is 1.52 bits per heavy atom. The van der Waals surface area contributed by atoms with E-state index < -0.39 is 0 Å². The van der Waals surface area contributed by atoms with Gasteiger partial charge in [-0.1, -0.05) is 56.3 Å². The quantitative estimate of drug-likeness (QED) is 0.373. The first-order chi connectivity index (χ1) is 13.0. The van der Waals surface area contributed by atoms with Gasteiger partial charge in [0.15, 0.2) is 0 Å². The Morgan fingerprint density at radius 1 is 0.852 bits per heavy atom. The highest BCUT2D eigenvalue weighted by Crippen LogP contribution is 2.34. The van der Waals surface area contributed by atoms with Crippen LogP contribution < -0.4 is 0 Å². The van der Waals surface area contributed by atoms with Crippen molar-refractivity contribution in [1.82, 2.24) is 4.57 Å². The second-order valence-corrected chi connectivity index (χ2v) is 7.48. The molecule has 1 aromatic heterocycles. The fourth-order valence-electron chi connectivity index (χ4n) is 3.81. The molecule has 0 radical (unpaired) electrons. The van der Waals surface area contributed by atoms with E-state index in [1.165, 1.54) is 39.7 Å². The molecule has 1 heterocycles. The van der Waals surface area contributed by atoms with Crippen LogP contribution in [-0.2, 0) is 6.54 Å². The molecule has 2 heteroatoms. The van der Waals surface area contributed by atoms with Gasteiger partial charge in [0.25, 0.3) is 0 Å². The number of para-hydroxylation sites is 1. The molecule has 0 amide bonds. The molecule has 4 rings (SSSR count). The molecule has 0 saturated carbocycles. The molecular weight excluding hydrogens is 333 g/mol. The average molecular weight is 357 g/mol. The third kappa shape index (κ3) is 3.28. The first kappa shape index (κ1) is 17.5. The van der Waals surface area contributed by atoms with Crippen molar-refractivity contribution in [3.63, 3.8) is 0 Å². The number of rotatable bonds is 4. The number of aromatic nitrogens is 1. The lowest BCUT2D eigenvalue weighted by Gasteiger charge is -2.13. The van der Waals surface area contributed by atoms with Gasteiger partial charge in [0.05, 0.1) is 5.69 Å². The van der Waals surface area contributed by atoms with E-state index in [-0.39, 0.29) is 5.82 Å². The Hall–Kier alpha value is -2.87. The number of hydrogen-bond acceptors (Lipinski definition) is 0. The summed E-state index contributed by atoms with van der Waals surface area (Å²) >= 11 is 0. The summed E-state index contributed by atoms with van der Waals surface area (Å²) in [5, 5.41) is 1.25. The summed E-state index contributed by atoms with van der Waals surface area (Å²) in [5.74, 6) is 0.326. The van der Waals surface area contributed by atoms with Crippen LogP contribution in [0.2, 0.25) is 0 Å². The summed E-state index contributed by atoms with van der Waals surface area (Å²) in [5.41, 5.74) is 7.26. The molecule has 3 aromatic carbocycles. The number of nitrogens with zero attached hydrogens (tertiary/aromatic N) is 1. The molecule has 0 atom stereocenters. The van der Waals surface area contributed by atoms with Crippen molar-refractivity contribution in [2.75, 3.05) is 0 Å². The van der Waals surface area contributed by atoms with Gasteiger partial charge in [0, 0.05) is 17.4 Å². The van der Waals surface area contributed by atoms with Crippen LogP contribution >= 0.6 is 0 Å². The van der Waals surface area contributed by atoms with Gasteiger partial charge >= 0.3 is 0 Å². The molecule has 0 fully saturated rings. The highest BCUT2D eigenvalue weighted by molar-refractivity contribution is 5.91. The molecule has 1 nitrogen and oxygen atoms in total. The van der Waals surface area contributed by atoms with Crippen LogP contribution in [0.5, 0.6) is 0 Å². The average Bonchev–Trinajstić information content (AvgIpc) is 2.95. The number of hydrogen-bond donors (Lipinski definition) is 0. The summed E-state index contributed by atoms with van der Waals surface area (Å²) in [6.45, 7) is 7.37. The Balaban J connectivity index is 1.85. The molecule has 4 aromatic rings. The molecular formula is C25H24FN. The molecule has 0 aliphatic heterocycles. The van der Waals surface area contributed by atoms with Crippen LogP contribution in [0, 0.1) is 12.7 Å². The van der Waals surface area contributed by atoms with Crippen molar-refractivity contribution in [2.45, 2.75) is 33.2 Å². The van der Waals surface area contributed by atoms with Crippen molar-refractivity contribution >= 4 is 10.9 Å². The Morgan fingerprint density at radius 3 is 2.19 bits per heavy atom. The van der Waals surface area contributed by atoms with Gasteiger partial charge < -0.3 is 4.57 Å². The van der Waals surface area contributed by atoms with Crippen molar-refractivity contribution < 1.29 is 4.39 Å². The van der Waals surface area contributed by atoms with E-state index in [0.717, 1.165) is 17.8 Å². The van der Waals surface area contributed by atoms with Crippen LogP contribution in [0.3, 0.4) is 0 Å². The summed E-state index contributed by atoms with van der Waals surface area (Å²) < 4.78 is 15.8. The largest absolute Gasteiger partial charge is 0.336 e. The second-order valence-electron chi connectivity index (χ2n) is 7.48. The van der Waals surface area contributed by atoms with E-state index in [2.05, 4.69) is 73.9 Å². The van der Waals surface area contributed by atoms with Gasteiger partial charge in [0.1, 0.15) is 5.82 Å². The van der Waals surface area contributed by atoms with E-state index in [0.29, 0.717) is 5.92 Å². The van der Waals surface area contributed by atoms with Gasteiger partial charge in [-0.3, -0.25) is 0 Å². The van der Waals surface area contributed by atoms with Crippen LogP contribution in [0.15, 0.2) is 72.8 Å². The van der Waals surface area contributed by atoms with Gasteiger partial charge in [-0.25, -0.2) is 4.39 Å². The first-order valence-electron chi connectivity index (χ1n) is 9.47. The summed E-state index contributed by atoms with van der Waals surface area (Å²) in [6, 6.07) is 24.2. The van der Waals surface area contributed by atoms with Crippen molar-refractivity contribution in [2.24, 2.45) is 0 Å². The second kappa shape index (κ2) is 7.03. The summed E-state index contributed by atoms with van der Waals surface area (Å²) in [7, 11) is 0. The number of aryl methyl sites for hydroxylation is 1. The third-order valence-corrected chi connectivity index (χ3v) is 5.33. The zero-order valence-electron chi connectivity index (χ0n) is 16.0. The lowest BCUT2D eigenvalue weighted by molar-refractivity contribution is 0.628. The third-order valence-electron chi connectivity index (χ3n) is 5.33. The zero-order valence-corrected chi connectivity index (χ0v) is 16.0. The summed E-state index contributed by atoms with van der Waals surface area (Å²) in [6.07, 6.45) is 0. The van der Waals surface area contributed by atoms with E-state index in [9.17, 15) is 4.39 Å². The van der Waals surface area contributed by atoms with E-state index in [1.54, 1.807) is 0 Å². The lowest BCUT2D eigenvalue weighted by Crippen LogP contribution is -2.02. The maximum absolute atomic E-state index is 13.5. The lowest BCUT2D eigenvalue weighted by atomic mass is 10.0. The predicted octanol–water partition coefficient (Wildman–Crippen LogP) is 6.93. The monoisotopic (exact) mass is 357 g/mol. The highest BCUT2D eigenvalue weighted by atomic mass is 19.1. The van der Waals surface area contributed by atoms with Crippen LogP contribution in [0.25, 0.3) is 22.2 Å².